The number of aliphatic hydroxyl groups excluding tert-OH is 1. The van der Waals surface area contributed by atoms with Crippen LogP contribution in [0.5, 0.6) is 5.75 Å². The molecule has 0 spiro atoms. The Balaban J connectivity index is 2.36. The fourth-order valence-electron chi connectivity index (χ4n) is 1.35. The van der Waals surface area contributed by atoms with Crippen LogP contribution in [0.25, 0.3) is 0 Å². The number of anilines is 1. The third-order valence-corrected chi connectivity index (χ3v) is 2.08. The third-order valence-electron chi connectivity index (χ3n) is 2.08. The number of amides is 1. The average Bonchev–Trinajstić information content (AvgIpc) is 2.27. The maximum absolute atomic E-state index is 11.2. The number of carbonyl (C=O) groups is 2. The van der Waals surface area contributed by atoms with E-state index < -0.39 is 12.4 Å². The molecule has 1 aliphatic rings. The van der Waals surface area contributed by atoms with Crippen molar-refractivity contribution in [3.63, 3.8) is 0 Å². The van der Waals surface area contributed by atoms with Gasteiger partial charge in [-0.25, -0.2) is 0 Å². The van der Waals surface area contributed by atoms with E-state index in [0.717, 1.165) is 0 Å². The quantitative estimate of drug-likeness (QED) is 0.679. The Hall–Kier alpha value is -1.88. The van der Waals surface area contributed by atoms with E-state index in [9.17, 15) is 9.59 Å². The molecule has 2 N–H and O–H groups in total. The second-order valence-corrected chi connectivity index (χ2v) is 3.13. The van der Waals surface area contributed by atoms with E-state index in [2.05, 4.69) is 5.32 Å². The molecule has 1 aliphatic heterocycles. The van der Waals surface area contributed by atoms with Crippen molar-refractivity contribution in [1.29, 1.82) is 0 Å². The van der Waals surface area contributed by atoms with Crippen LogP contribution in [0.3, 0.4) is 0 Å². The van der Waals surface area contributed by atoms with Gasteiger partial charge in [-0.05, 0) is 18.2 Å². The zero-order valence-electron chi connectivity index (χ0n) is 7.82. The summed E-state index contributed by atoms with van der Waals surface area (Å²) in [7, 11) is 0. The van der Waals surface area contributed by atoms with Crippen molar-refractivity contribution < 1.29 is 19.4 Å². The predicted molar refractivity (Wildman–Crippen MR) is 52.0 cm³/mol. The second-order valence-electron chi connectivity index (χ2n) is 3.13. The first kappa shape index (κ1) is 9.67. The second kappa shape index (κ2) is 3.70. The number of fused-ring (bicyclic) bond motifs is 1. The van der Waals surface area contributed by atoms with Crippen molar-refractivity contribution in [3.05, 3.63) is 23.8 Å². The third kappa shape index (κ3) is 1.82. The SMILES string of the molecule is O=C1COc2ccc(C(=O)CO)cc2N1. The van der Waals surface area contributed by atoms with Crippen LogP contribution >= 0.6 is 0 Å². The molecule has 15 heavy (non-hydrogen) atoms. The Morgan fingerprint density at radius 1 is 1.53 bits per heavy atom. The zero-order valence-corrected chi connectivity index (χ0v) is 7.82. The molecule has 0 fully saturated rings. The van der Waals surface area contributed by atoms with E-state index in [0.29, 0.717) is 17.0 Å². The molecular formula is C10H9NO4. The lowest BCUT2D eigenvalue weighted by Gasteiger charge is -2.18. The number of carbonyl (C=O) groups excluding carboxylic acids is 2. The molecule has 1 heterocycles. The number of ether oxygens (including phenoxy) is 1. The normalized spacial score (nSPS) is 13.8. The van der Waals surface area contributed by atoms with Gasteiger partial charge in [-0.2, -0.15) is 0 Å². The molecule has 0 bridgehead atoms. The van der Waals surface area contributed by atoms with Crippen LogP contribution in [0.2, 0.25) is 0 Å². The maximum Gasteiger partial charge on any atom is 0.262 e. The molecule has 1 amide bonds. The van der Waals surface area contributed by atoms with E-state index in [-0.39, 0.29) is 12.5 Å². The lowest BCUT2D eigenvalue weighted by Crippen LogP contribution is -2.25. The highest BCUT2D eigenvalue weighted by molar-refractivity contribution is 6.01. The van der Waals surface area contributed by atoms with Crippen LogP contribution in [0.15, 0.2) is 18.2 Å². The minimum absolute atomic E-state index is 0.0136. The van der Waals surface area contributed by atoms with Crippen LogP contribution < -0.4 is 10.1 Å². The van der Waals surface area contributed by atoms with Gasteiger partial charge in [-0.3, -0.25) is 9.59 Å². The topological polar surface area (TPSA) is 75.6 Å². The first-order valence-electron chi connectivity index (χ1n) is 4.41. The number of Topliss-reactive ketones (excluding diaryl/α,β-unsaturated/α-hetero) is 1. The summed E-state index contributed by atoms with van der Waals surface area (Å²) in [5.74, 6) is -0.113. The van der Waals surface area contributed by atoms with Gasteiger partial charge in [0.2, 0.25) is 0 Å². The van der Waals surface area contributed by atoms with Gasteiger partial charge in [0.25, 0.3) is 5.91 Å². The Morgan fingerprint density at radius 3 is 3.07 bits per heavy atom. The van der Waals surface area contributed by atoms with Crippen LogP contribution in [0, 0.1) is 0 Å². The Bertz CT molecular complexity index is 427. The number of ketones is 1. The van der Waals surface area contributed by atoms with Gasteiger partial charge < -0.3 is 15.2 Å². The minimum Gasteiger partial charge on any atom is -0.482 e. The average molecular weight is 207 g/mol. The first-order valence-corrected chi connectivity index (χ1v) is 4.41. The molecule has 0 saturated heterocycles. The largest absolute Gasteiger partial charge is 0.482 e. The molecule has 0 aliphatic carbocycles. The molecule has 1 aromatic rings. The summed E-state index contributed by atoms with van der Waals surface area (Å²) >= 11 is 0. The van der Waals surface area contributed by atoms with Crippen LogP contribution in [-0.4, -0.2) is 30.0 Å². The van der Waals surface area contributed by atoms with Gasteiger partial charge in [-0.1, -0.05) is 0 Å². The monoisotopic (exact) mass is 207 g/mol. The smallest absolute Gasteiger partial charge is 0.262 e. The fraction of sp³-hybridized carbons (Fsp3) is 0.200. The number of benzene rings is 1. The number of rotatable bonds is 2. The maximum atomic E-state index is 11.2. The Morgan fingerprint density at radius 2 is 2.33 bits per heavy atom. The van der Waals surface area contributed by atoms with Crippen molar-refractivity contribution in [3.8, 4) is 5.75 Å². The Kier molecular flexibility index (Phi) is 2.39. The van der Waals surface area contributed by atoms with Crippen LogP contribution in [-0.2, 0) is 4.79 Å². The van der Waals surface area contributed by atoms with Gasteiger partial charge >= 0.3 is 0 Å². The molecule has 1 aromatic carbocycles. The van der Waals surface area contributed by atoms with Crippen LogP contribution in [0.4, 0.5) is 5.69 Å². The zero-order chi connectivity index (χ0) is 10.8. The van der Waals surface area contributed by atoms with E-state index in [1.54, 1.807) is 12.1 Å². The highest BCUT2D eigenvalue weighted by atomic mass is 16.5. The highest BCUT2D eigenvalue weighted by Gasteiger charge is 2.17. The van der Waals surface area contributed by atoms with E-state index in [4.69, 9.17) is 9.84 Å². The number of hydrogen-bond donors (Lipinski definition) is 2. The summed E-state index contributed by atoms with van der Waals surface area (Å²) in [5.41, 5.74) is 0.813. The van der Waals surface area contributed by atoms with E-state index >= 15 is 0 Å². The molecule has 0 radical (unpaired) electrons. The summed E-state index contributed by atoms with van der Waals surface area (Å²) in [6, 6.07) is 4.64. The summed E-state index contributed by atoms with van der Waals surface area (Å²) < 4.78 is 5.12. The fourth-order valence-corrected chi connectivity index (χ4v) is 1.35. The molecule has 78 valence electrons. The molecule has 0 unspecified atom stereocenters. The Labute approximate surface area is 85.7 Å². The lowest BCUT2D eigenvalue weighted by molar-refractivity contribution is -0.118. The summed E-state index contributed by atoms with van der Waals surface area (Å²) in [6.45, 7) is -0.562. The predicted octanol–water partition coefficient (Wildman–Crippen LogP) is 0.192. The van der Waals surface area contributed by atoms with Crippen LogP contribution in [0.1, 0.15) is 10.4 Å². The summed E-state index contributed by atoms with van der Waals surface area (Å²) in [5, 5.41) is 11.3. The molecule has 5 heteroatoms. The molecule has 0 atom stereocenters. The summed E-state index contributed by atoms with van der Waals surface area (Å²) in [6.07, 6.45) is 0. The summed E-state index contributed by atoms with van der Waals surface area (Å²) in [4.78, 5) is 22.2. The molecule has 0 aromatic heterocycles. The molecule has 2 rings (SSSR count). The number of aliphatic hydroxyl groups is 1. The van der Waals surface area contributed by atoms with Crippen molar-refractivity contribution in [2.75, 3.05) is 18.5 Å². The van der Waals surface area contributed by atoms with Crippen molar-refractivity contribution >= 4 is 17.4 Å². The van der Waals surface area contributed by atoms with Crippen molar-refractivity contribution in [2.24, 2.45) is 0 Å². The highest BCUT2D eigenvalue weighted by Crippen LogP contribution is 2.28. The van der Waals surface area contributed by atoms with Crippen molar-refractivity contribution in [2.45, 2.75) is 0 Å². The molecule has 5 nitrogen and oxygen atoms in total. The molecule has 0 saturated carbocycles. The van der Waals surface area contributed by atoms with E-state index in [1.165, 1.54) is 6.07 Å². The van der Waals surface area contributed by atoms with Gasteiger partial charge in [0.05, 0.1) is 5.69 Å². The number of hydrogen-bond acceptors (Lipinski definition) is 4. The van der Waals surface area contributed by atoms with Gasteiger partial charge in [0.1, 0.15) is 12.4 Å². The standard InChI is InChI=1S/C10H9NO4/c12-4-8(13)6-1-2-9-7(3-6)11-10(14)5-15-9/h1-3,12H,4-5H2,(H,11,14). The molecular weight excluding hydrogens is 198 g/mol. The van der Waals surface area contributed by atoms with Gasteiger partial charge in [0, 0.05) is 5.56 Å². The van der Waals surface area contributed by atoms with Gasteiger partial charge in [0.15, 0.2) is 12.4 Å². The minimum atomic E-state index is -0.548. The van der Waals surface area contributed by atoms with Crippen molar-refractivity contribution in [1.82, 2.24) is 0 Å². The number of nitrogens with one attached hydrogen (secondary N) is 1. The first-order chi connectivity index (χ1) is 7.20. The lowest BCUT2D eigenvalue weighted by atomic mass is 10.1. The van der Waals surface area contributed by atoms with E-state index in [1.807, 2.05) is 0 Å². The van der Waals surface area contributed by atoms with Gasteiger partial charge in [-0.15, -0.1) is 0 Å².